The fourth-order valence-electron chi connectivity index (χ4n) is 2.39. The van der Waals surface area contributed by atoms with Gasteiger partial charge in [0.05, 0.1) is 12.9 Å². The number of hydrogen-bond acceptors (Lipinski definition) is 4. The lowest BCUT2D eigenvalue weighted by Crippen LogP contribution is -2.27. The van der Waals surface area contributed by atoms with Crippen molar-refractivity contribution in [1.29, 1.82) is 0 Å². The first-order valence-corrected chi connectivity index (χ1v) is 9.26. The molecular formula is C19H23Cl2N3O3. The summed E-state index contributed by atoms with van der Waals surface area (Å²) in [5.74, 6) is 0.0591. The minimum absolute atomic E-state index is 0.0591. The number of anilines is 1. The Labute approximate surface area is 168 Å². The van der Waals surface area contributed by atoms with Crippen molar-refractivity contribution in [3.63, 3.8) is 0 Å². The molecule has 0 saturated carbocycles. The molecule has 0 radical (unpaired) electrons. The standard InChI is InChI=1S/C19H23Cl2N3O3/c1-11(2)13-8-22-10-24(17(13)25)9-14-15(20)6-12(7-16(14)21)23-18(26)27-19(3,4)5/h6-8,10-11H,9H2,1-5H3,(H,23,26). The Hall–Kier alpha value is -2.05. The number of hydrogen-bond donors (Lipinski definition) is 1. The molecule has 1 aromatic carbocycles. The molecule has 0 aliphatic rings. The van der Waals surface area contributed by atoms with Gasteiger partial charge in [-0.15, -0.1) is 0 Å². The summed E-state index contributed by atoms with van der Waals surface area (Å²) >= 11 is 12.7. The molecule has 1 amide bonds. The Bertz CT molecular complexity index is 879. The molecule has 0 saturated heterocycles. The van der Waals surface area contributed by atoms with E-state index in [2.05, 4.69) is 10.3 Å². The molecule has 0 fully saturated rings. The van der Waals surface area contributed by atoms with Crippen LogP contribution in [0, 0.1) is 0 Å². The van der Waals surface area contributed by atoms with E-state index in [1.54, 1.807) is 39.1 Å². The van der Waals surface area contributed by atoms with Crippen LogP contribution in [0.15, 0.2) is 29.5 Å². The van der Waals surface area contributed by atoms with Crippen molar-refractivity contribution in [3.8, 4) is 0 Å². The van der Waals surface area contributed by atoms with Gasteiger partial charge in [-0.05, 0) is 38.8 Å². The van der Waals surface area contributed by atoms with Crippen LogP contribution in [0.25, 0.3) is 0 Å². The predicted octanol–water partition coefficient (Wildman–Crippen LogP) is 5.07. The molecule has 0 aliphatic heterocycles. The minimum atomic E-state index is -0.618. The van der Waals surface area contributed by atoms with Gasteiger partial charge in [0.2, 0.25) is 0 Å². The summed E-state index contributed by atoms with van der Waals surface area (Å²) in [6, 6.07) is 3.13. The zero-order chi connectivity index (χ0) is 20.4. The molecular weight excluding hydrogens is 389 g/mol. The van der Waals surface area contributed by atoms with Gasteiger partial charge in [-0.2, -0.15) is 0 Å². The van der Waals surface area contributed by atoms with Crippen molar-refractivity contribution < 1.29 is 9.53 Å². The van der Waals surface area contributed by atoms with Gasteiger partial charge in [-0.1, -0.05) is 37.0 Å². The van der Waals surface area contributed by atoms with Crippen LogP contribution in [0.2, 0.25) is 10.0 Å². The highest BCUT2D eigenvalue weighted by Gasteiger charge is 2.18. The molecule has 0 aliphatic carbocycles. The zero-order valence-corrected chi connectivity index (χ0v) is 17.5. The van der Waals surface area contributed by atoms with Gasteiger partial charge in [0.1, 0.15) is 5.60 Å². The van der Waals surface area contributed by atoms with Crippen LogP contribution in [0.1, 0.15) is 51.7 Å². The minimum Gasteiger partial charge on any atom is -0.444 e. The van der Waals surface area contributed by atoms with Crippen LogP contribution in [0.3, 0.4) is 0 Å². The van der Waals surface area contributed by atoms with E-state index >= 15 is 0 Å². The van der Waals surface area contributed by atoms with E-state index in [4.69, 9.17) is 27.9 Å². The van der Waals surface area contributed by atoms with Crippen LogP contribution in [0.5, 0.6) is 0 Å². The molecule has 1 N–H and O–H groups in total. The maximum Gasteiger partial charge on any atom is 0.412 e. The Morgan fingerprint density at radius 2 is 1.85 bits per heavy atom. The zero-order valence-electron chi connectivity index (χ0n) is 16.0. The van der Waals surface area contributed by atoms with E-state index in [1.807, 2.05) is 13.8 Å². The number of rotatable bonds is 4. The van der Waals surface area contributed by atoms with Gasteiger partial charge in [-0.25, -0.2) is 9.78 Å². The van der Waals surface area contributed by atoms with Crippen LogP contribution in [-0.2, 0) is 11.3 Å². The number of amides is 1. The summed E-state index contributed by atoms with van der Waals surface area (Å²) in [5.41, 5.74) is 0.839. The average Bonchev–Trinajstić information content (AvgIpc) is 2.50. The third-order valence-corrected chi connectivity index (χ3v) is 4.34. The molecule has 27 heavy (non-hydrogen) atoms. The molecule has 0 unspecified atom stereocenters. The fraction of sp³-hybridized carbons (Fsp3) is 0.421. The van der Waals surface area contributed by atoms with E-state index in [0.29, 0.717) is 26.9 Å². The largest absolute Gasteiger partial charge is 0.444 e. The van der Waals surface area contributed by atoms with Gasteiger partial charge in [0.15, 0.2) is 0 Å². The first kappa shape index (κ1) is 21.3. The monoisotopic (exact) mass is 411 g/mol. The van der Waals surface area contributed by atoms with E-state index < -0.39 is 11.7 Å². The molecule has 1 heterocycles. The summed E-state index contributed by atoms with van der Waals surface area (Å²) < 4.78 is 6.67. The second kappa shape index (κ2) is 8.31. The van der Waals surface area contributed by atoms with Crippen LogP contribution < -0.4 is 10.9 Å². The maximum atomic E-state index is 12.5. The van der Waals surface area contributed by atoms with Crippen LogP contribution in [0.4, 0.5) is 10.5 Å². The van der Waals surface area contributed by atoms with Crippen molar-refractivity contribution in [3.05, 3.63) is 56.2 Å². The molecule has 2 rings (SSSR count). The Balaban J connectivity index is 2.27. The van der Waals surface area contributed by atoms with Crippen LogP contribution in [-0.4, -0.2) is 21.2 Å². The lowest BCUT2D eigenvalue weighted by Gasteiger charge is -2.20. The first-order chi connectivity index (χ1) is 12.5. The number of carbonyl (C=O) groups excluding carboxylic acids is 1. The summed E-state index contributed by atoms with van der Waals surface area (Å²) in [4.78, 5) is 28.6. The molecule has 0 atom stereocenters. The van der Waals surface area contributed by atoms with Gasteiger partial charge < -0.3 is 4.74 Å². The number of halogens is 2. The highest BCUT2D eigenvalue weighted by Crippen LogP contribution is 2.30. The van der Waals surface area contributed by atoms with Crippen molar-refractivity contribution in [1.82, 2.24) is 9.55 Å². The van der Waals surface area contributed by atoms with Crippen molar-refractivity contribution >= 4 is 35.0 Å². The van der Waals surface area contributed by atoms with Gasteiger partial charge in [0.25, 0.3) is 5.56 Å². The Morgan fingerprint density at radius 1 is 1.26 bits per heavy atom. The van der Waals surface area contributed by atoms with Gasteiger partial charge >= 0.3 is 6.09 Å². The lowest BCUT2D eigenvalue weighted by molar-refractivity contribution is 0.0636. The Kier molecular flexibility index (Phi) is 6.54. The predicted molar refractivity (Wildman–Crippen MR) is 108 cm³/mol. The molecule has 0 spiro atoms. The summed E-state index contributed by atoms with van der Waals surface area (Å²) in [7, 11) is 0. The number of benzene rings is 1. The first-order valence-electron chi connectivity index (χ1n) is 8.50. The second-order valence-electron chi connectivity index (χ2n) is 7.48. The van der Waals surface area contributed by atoms with Crippen molar-refractivity contribution in [2.45, 2.75) is 52.7 Å². The number of aromatic nitrogens is 2. The van der Waals surface area contributed by atoms with E-state index in [9.17, 15) is 9.59 Å². The van der Waals surface area contributed by atoms with Crippen molar-refractivity contribution in [2.24, 2.45) is 0 Å². The van der Waals surface area contributed by atoms with E-state index in [-0.39, 0.29) is 18.0 Å². The summed E-state index contributed by atoms with van der Waals surface area (Å²) in [5, 5.41) is 3.25. The second-order valence-corrected chi connectivity index (χ2v) is 8.30. The molecule has 146 valence electrons. The van der Waals surface area contributed by atoms with Gasteiger partial charge in [-0.3, -0.25) is 14.7 Å². The highest BCUT2D eigenvalue weighted by molar-refractivity contribution is 6.36. The lowest BCUT2D eigenvalue weighted by atomic mass is 10.1. The third-order valence-electron chi connectivity index (χ3n) is 3.66. The van der Waals surface area contributed by atoms with Crippen LogP contribution >= 0.6 is 23.2 Å². The van der Waals surface area contributed by atoms with E-state index in [0.717, 1.165) is 0 Å². The molecule has 2 aromatic rings. The number of nitrogens with zero attached hydrogens (tertiary/aromatic N) is 2. The summed E-state index contributed by atoms with van der Waals surface area (Å²) in [6.45, 7) is 9.35. The number of ether oxygens (including phenoxy) is 1. The average molecular weight is 412 g/mol. The summed E-state index contributed by atoms with van der Waals surface area (Å²) in [6.07, 6.45) is 2.42. The maximum absolute atomic E-state index is 12.5. The number of carbonyl (C=O) groups is 1. The topological polar surface area (TPSA) is 73.2 Å². The Morgan fingerprint density at radius 3 is 2.37 bits per heavy atom. The van der Waals surface area contributed by atoms with Crippen molar-refractivity contribution in [2.75, 3.05) is 5.32 Å². The highest BCUT2D eigenvalue weighted by atomic mass is 35.5. The van der Waals surface area contributed by atoms with E-state index in [1.165, 1.54) is 10.9 Å². The molecule has 6 nitrogen and oxygen atoms in total. The molecule has 0 bridgehead atoms. The molecule has 1 aromatic heterocycles. The number of nitrogens with one attached hydrogen (secondary N) is 1. The third kappa shape index (κ3) is 5.71. The molecule has 8 heteroatoms. The quantitative estimate of drug-likeness (QED) is 0.761. The fourth-order valence-corrected chi connectivity index (χ4v) is 3.00. The van der Waals surface area contributed by atoms with Gasteiger partial charge in [0, 0.05) is 33.1 Å². The smallest absolute Gasteiger partial charge is 0.412 e. The normalized spacial score (nSPS) is 11.6. The SMILES string of the molecule is CC(C)c1cncn(Cc2c(Cl)cc(NC(=O)OC(C)(C)C)cc2Cl)c1=O.